The second kappa shape index (κ2) is 11.3. The van der Waals surface area contributed by atoms with E-state index in [0.717, 1.165) is 17.9 Å². The van der Waals surface area contributed by atoms with Crippen molar-refractivity contribution in [3.63, 3.8) is 0 Å². The fourth-order valence-corrected chi connectivity index (χ4v) is 3.57. The molecule has 24 heavy (non-hydrogen) atoms. The molecule has 0 fully saturated rings. The number of para-hydroxylation sites is 1. The average Bonchev–Trinajstić information content (AvgIpc) is 2.49. The summed E-state index contributed by atoms with van der Waals surface area (Å²) < 4.78 is 10.3. The van der Waals surface area contributed by atoms with Crippen LogP contribution in [0.4, 0.5) is 4.79 Å². The van der Waals surface area contributed by atoms with Gasteiger partial charge in [-0.15, -0.1) is 0 Å². The van der Waals surface area contributed by atoms with E-state index in [9.17, 15) is 9.59 Å². The lowest BCUT2D eigenvalue weighted by molar-refractivity contribution is -0.134. The highest BCUT2D eigenvalue weighted by Gasteiger charge is 2.15. The van der Waals surface area contributed by atoms with Gasteiger partial charge in [0.15, 0.2) is 0 Å². The summed E-state index contributed by atoms with van der Waals surface area (Å²) in [6.45, 7) is 6.06. The Labute approximate surface area is 151 Å². The van der Waals surface area contributed by atoms with Gasteiger partial charge in [0.05, 0.1) is 0 Å². The van der Waals surface area contributed by atoms with Gasteiger partial charge in [0.1, 0.15) is 11.4 Å². The third-order valence-electron chi connectivity index (χ3n) is 2.52. The van der Waals surface area contributed by atoms with E-state index < -0.39 is 11.7 Å². The molecule has 0 saturated heterocycles. The molecule has 0 saturated carbocycles. The summed E-state index contributed by atoms with van der Waals surface area (Å²) in [6.07, 6.45) is 0.776. The minimum Gasteiger partial charge on any atom is -0.444 e. The molecular formula is C17H25NO4S2. The lowest BCUT2D eigenvalue weighted by atomic mass is 10.2. The van der Waals surface area contributed by atoms with Gasteiger partial charge >= 0.3 is 12.1 Å². The van der Waals surface area contributed by atoms with E-state index in [1.54, 1.807) is 33.7 Å². The van der Waals surface area contributed by atoms with Gasteiger partial charge in [0, 0.05) is 24.5 Å². The summed E-state index contributed by atoms with van der Waals surface area (Å²) >= 11 is 0. The summed E-state index contributed by atoms with van der Waals surface area (Å²) in [5.41, 5.74) is -0.472. The van der Waals surface area contributed by atoms with Crippen LogP contribution in [0.5, 0.6) is 5.75 Å². The van der Waals surface area contributed by atoms with E-state index in [1.165, 1.54) is 0 Å². The summed E-state index contributed by atoms with van der Waals surface area (Å²) in [6, 6.07) is 9.07. The second-order valence-electron chi connectivity index (χ2n) is 5.96. The van der Waals surface area contributed by atoms with Crippen LogP contribution in [0.1, 0.15) is 33.6 Å². The van der Waals surface area contributed by atoms with Gasteiger partial charge in [-0.1, -0.05) is 39.8 Å². The minimum absolute atomic E-state index is 0.210. The molecule has 1 N–H and O–H groups in total. The summed E-state index contributed by atoms with van der Waals surface area (Å²) in [4.78, 5) is 23.1. The molecule has 134 valence electrons. The molecule has 0 aliphatic rings. The van der Waals surface area contributed by atoms with E-state index in [1.807, 2.05) is 39.0 Å². The lowest BCUT2D eigenvalue weighted by Gasteiger charge is -2.19. The van der Waals surface area contributed by atoms with E-state index in [0.29, 0.717) is 18.7 Å². The van der Waals surface area contributed by atoms with Crippen molar-refractivity contribution >= 4 is 33.7 Å². The van der Waals surface area contributed by atoms with Crippen molar-refractivity contribution in [1.29, 1.82) is 0 Å². The Morgan fingerprint density at radius 1 is 1.08 bits per heavy atom. The third-order valence-corrected chi connectivity index (χ3v) is 5.01. The van der Waals surface area contributed by atoms with E-state index >= 15 is 0 Å². The molecule has 7 heteroatoms. The summed E-state index contributed by atoms with van der Waals surface area (Å²) in [5.74, 6) is 2.02. The van der Waals surface area contributed by atoms with E-state index in [-0.39, 0.29) is 5.97 Å². The fourth-order valence-electron chi connectivity index (χ4n) is 1.57. The number of carbonyl (C=O) groups is 2. The molecule has 0 atom stereocenters. The Hall–Kier alpha value is -1.34. The molecule has 0 spiro atoms. The highest BCUT2D eigenvalue weighted by atomic mass is 33.1. The predicted molar refractivity (Wildman–Crippen MR) is 100 cm³/mol. The molecule has 0 aliphatic carbocycles. The van der Waals surface area contributed by atoms with Crippen LogP contribution >= 0.6 is 21.6 Å². The van der Waals surface area contributed by atoms with Crippen LogP contribution in [0, 0.1) is 0 Å². The number of hydrogen-bond acceptors (Lipinski definition) is 6. The highest BCUT2D eigenvalue weighted by Crippen LogP contribution is 2.22. The molecule has 5 nitrogen and oxygen atoms in total. The van der Waals surface area contributed by atoms with Gasteiger partial charge in [0.2, 0.25) is 0 Å². The number of amides is 1. The first kappa shape index (κ1) is 20.7. The number of esters is 1. The number of ether oxygens (including phenoxy) is 2. The zero-order valence-corrected chi connectivity index (χ0v) is 16.0. The van der Waals surface area contributed by atoms with Gasteiger partial charge in [-0.25, -0.2) is 4.79 Å². The molecule has 0 bridgehead atoms. The normalized spacial score (nSPS) is 11.0. The average molecular weight is 372 g/mol. The first-order valence-corrected chi connectivity index (χ1v) is 10.3. The number of carbonyl (C=O) groups excluding carboxylic acids is 2. The molecule has 1 aromatic rings. The highest BCUT2D eigenvalue weighted by molar-refractivity contribution is 8.76. The van der Waals surface area contributed by atoms with Crippen LogP contribution in [0.2, 0.25) is 0 Å². The number of hydrogen-bond donors (Lipinski definition) is 1. The number of nitrogens with one attached hydrogen (secondary N) is 1. The fraction of sp³-hybridized carbons (Fsp3) is 0.529. The van der Waals surface area contributed by atoms with Crippen molar-refractivity contribution in [2.24, 2.45) is 0 Å². The Balaban J connectivity index is 1.95. The zero-order valence-electron chi connectivity index (χ0n) is 14.4. The molecule has 0 heterocycles. The van der Waals surface area contributed by atoms with Crippen molar-refractivity contribution in [3.05, 3.63) is 30.3 Å². The lowest BCUT2D eigenvalue weighted by Crippen LogP contribution is -2.33. The molecule has 1 aromatic carbocycles. The number of alkyl carbamates (subject to hydrolysis) is 1. The first-order chi connectivity index (χ1) is 11.4. The quantitative estimate of drug-likeness (QED) is 0.302. The summed E-state index contributed by atoms with van der Waals surface area (Å²) in [7, 11) is 3.35. The van der Waals surface area contributed by atoms with Crippen molar-refractivity contribution in [2.45, 2.75) is 39.2 Å². The molecule has 0 radical (unpaired) electrons. The monoisotopic (exact) mass is 371 g/mol. The van der Waals surface area contributed by atoms with Crippen molar-refractivity contribution in [1.82, 2.24) is 5.32 Å². The molecule has 1 amide bonds. The third kappa shape index (κ3) is 11.2. The Kier molecular flexibility index (Phi) is 9.71. The molecule has 0 unspecified atom stereocenters. The maximum absolute atomic E-state index is 11.6. The Bertz CT molecular complexity index is 503. The van der Waals surface area contributed by atoms with Crippen LogP contribution in [0.15, 0.2) is 30.3 Å². The van der Waals surface area contributed by atoms with Crippen molar-refractivity contribution in [3.8, 4) is 5.75 Å². The van der Waals surface area contributed by atoms with Gasteiger partial charge in [-0.05, 0) is 39.3 Å². The van der Waals surface area contributed by atoms with Crippen LogP contribution in [0.3, 0.4) is 0 Å². The van der Waals surface area contributed by atoms with Crippen LogP contribution in [-0.2, 0) is 9.53 Å². The topological polar surface area (TPSA) is 64.6 Å². The number of benzene rings is 1. The largest absolute Gasteiger partial charge is 0.444 e. The minimum atomic E-state index is -0.472. The maximum Gasteiger partial charge on any atom is 0.407 e. The molecule has 1 rings (SSSR count). The van der Waals surface area contributed by atoms with Gasteiger partial charge < -0.3 is 14.8 Å². The van der Waals surface area contributed by atoms with Crippen LogP contribution in [-0.4, -0.2) is 35.7 Å². The van der Waals surface area contributed by atoms with Gasteiger partial charge in [0.25, 0.3) is 0 Å². The van der Waals surface area contributed by atoms with E-state index in [2.05, 4.69) is 5.32 Å². The SMILES string of the molecule is CC(C)(C)OC(=O)NCCSSCCCC(=O)Oc1ccccc1. The van der Waals surface area contributed by atoms with Crippen LogP contribution < -0.4 is 10.1 Å². The summed E-state index contributed by atoms with van der Waals surface area (Å²) in [5, 5.41) is 2.71. The molecular weight excluding hydrogens is 346 g/mol. The molecule has 0 aliphatic heterocycles. The van der Waals surface area contributed by atoms with Crippen LogP contribution in [0.25, 0.3) is 0 Å². The van der Waals surface area contributed by atoms with Gasteiger partial charge in [-0.2, -0.15) is 0 Å². The van der Waals surface area contributed by atoms with Crippen molar-refractivity contribution in [2.75, 3.05) is 18.1 Å². The first-order valence-electron chi connectivity index (χ1n) is 7.84. The molecule has 0 aromatic heterocycles. The zero-order chi connectivity index (χ0) is 17.8. The smallest absolute Gasteiger partial charge is 0.407 e. The Morgan fingerprint density at radius 2 is 1.75 bits per heavy atom. The maximum atomic E-state index is 11.6. The second-order valence-corrected chi connectivity index (χ2v) is 8.67. The Morgan fingerprint density at radius 3 is 2.42 bits per heavy atom. The number of rotatable bonds is 9. The standard InChI is InChI=1S/C17H25NO4S2/c1-17(2,3)22-16(20)18-11-13-24-23-12-7-10-15(19)21-14-8-5-4-6-9-14/h4-6,8-9H,7,10-13H2,1-3H3,(H,18,20). The van der Waals surface area contributed by atoms with Gasteiger partial charge in [-0.3, -0.25) is 4.79 Å². The van der Waals surface area contributed by atoms with E-state index in [4.69, 9.17) is 9.47 Å². The van der Waals surface area contributed by atoms with Crippen molar-refractivity contribution < 1.29 is 19.1 Å². The predicted octanol–water partition coefficient (Wildman–Crippen LogP) is 4.28.